The lowest BCUT2D eigenvalue weighted by Crippen LogP contribution is -1.90. The van der Waals surface area contributed by atoms with Gasteiger partial charge in [-0.25, -0.2) is 4.79 Å². The van der Waals surface area contributed by atoms with E-state index in [1.165, 1.54) is 0 Å². The van der Waals surface area contributed by atoms with E-state index >= 15 is 0 Å². The summed E-state index contributed by atoms with van der Waals surface area (Å²) in [5.41, 5.74) is 4.15. The van der Waals surface area contributed by atoms with Gasteiger partial charge in [0.05, 0.1) is 5.69 Å². The molecule has 0 radical (unpaired) electrons. The molecule has 0 aliphatic heterocycles. The number of nitrogens with zero attached hydrogens (tertiary/aromatic N) is 1. The standard InChI is InChI=1S/C16H15NO/c1-2-7-15-14(13-8-4-3-5-9-13)10-6-11-16(15)17-12-18/h3-6,8-11H,2,7H2,1H3. The summed E-state index contributed by atoms with van der Waals surface area (Å²) in [6, 6.07) is 16.0. The van der Waals surface area contributed by atoms with Crippen molar-refractivity contribution < 1.29 is 4.79 Å². The predicted octanol–water partition coefficient (Wildman–Crippen LogP) is 4.27. The maximum Gasteiger partial charge on any atom is 0.240 e. The van der Waals surface area contributed by atoms with Crippen molar-refractivity contribution in [2.45, 2.75) is 19.8 Å². The number of carbonyl (C=O) groups excluding carboxylic acids is 1. The van der Waals surface area contributed by atoms with E-state index < -0.39 is 0 Å². The van der Waals surface area contributed by atoms with Gasteiger partial charge in [-0.2, -0.15) is 4.99 Å². The average Bonchev–Trinajstić information content (AvgIpc) is 2.42. The van der Waals surface area contributed by atoms with E-state index in [9.17, 15) is 4.79 Å². The van der Waals surface area contributed by atoms with E-state index in [2.05, 4.69) is 30.1 Å². The van der Waals surface area contributed by atoms with Gasteiger partial charge in [-0.15, -0.1) is 0 Å². The highest BCUT2D eigenvalue weighted by Gasteiger charge is 2.08. The van der Waals surface area contributed by atoms with Crippen LogP contribution in [0.3, 0.4) is 0 Å². The molecule has 0 bridgehead atoms. The maximum atomic E-state index is 10.5. The van der Waals surface area contributed by atoms with Crippen molar-refractivity contribution in [2.24, 2.45) is 4.99 Å². The molecule has 0 N–H and O–H groups in total. The second-order valence-corrected chi connectivity index (χ2v) is 4.12. The highest BCUT2D eigenvalue weighted by atomic mass is 16.1. The van der Waals surface area contributed by atoms with Crippen LogP contribution in [0.1, 0.15) is 18.9 Å². The van der Waals surface area contributed by atoms with Crippen LogP contribution in [0.2, 0.25) is 0 Å². The molecule has 0 aromatic heterocycles. The van der Waals surface area contributed by atoms with Gasteiger partial charge in [0.1, 0.15) is 0 Å². The number of rotatable bonds is 4. The van der Waals surface area contributed by atoms with Gasteiger partial charge in [0.2, 0.25) is 6.08 Å². The topological polar surface area (TPSA) is 29.4 Å². The van der Waals surface area contributed by atoms with Crippen LogP contribution >= 0.6 is 0 Å². The first-order valence-corrected chi connectivity index (χ1v) is 6.12. The number of hydrogen-bond acceptors (Lipinski definition) is 2. The fourth-order valence-electron chi connectivity index (χ4n) is 2.13. The van der Waals surface area contributed by atoms with Gasteiger partial charge in [-0.3, -0.25) is 0 Å². The van der Waals surface area contributed by atoms with Crippen molar-refractivity contribution in [3.05, 3.63) is 54.1 Å². The molecule has 0 saturated carbocycles. The van der Waals surface area contributed by atoms with Gasteiger partial charge in [0.25, 0.3) is 0 Å². The van der Waals surface area contributed by atoms with Crippen LogP contribution in [0.25, 0.3) is 11.1 Å². The van der Waals surface area contributed by atoms with Gasteiger partial charge >= 0.3 is 0 Å². The number of aliphatic imine (C=N–C) groups is 1. The van der Waals surface area contributed by atoms with Crippen LogP contribution < -0.4 is 0 Å². The molecule has 2 aromatic carbocycles. The monoisotopic (exact) mass is 237 g/mol. The molecule has 18 heavy (non-hydrogen) atoms. The van der Waals surface area contributed by atoms with Gasteiger partial charge in [-0.1, -0.05) is 55.8 Å². The SMILES string of the molecule is CCCc1c(N=C=O)cccc1-c1ccccc1. The molecule has 0 aliphatic rings. The van der Waals surface area contributed by atoms with Crippen LogP contribution in [0, 0.1) is 0 Å². The molecule has 0 spiro atoms. The Bertz CT molecular complexity index is 569. The van der Waals surface area contributed by atoms with E-state index in [0.717, 1.165) is 35.2 Å². The molecule has 90 valence electrons. The first-order chi connectivity index (χ1) is 8.86. The Hall–Kier alpha value is -2.18. The largest absolute Gasteiger partial charge is 0.240 e. The molecule has 0 atom stereocenters. The zero-order valence-corrected chi connectivity index (χ0v) is 10.4. The van der Waals surface area contributed by atoms with Crippen LogP contribution in [0.15, 0.2) is 53.5 Å². The summed E-state index contributed by atoms with van der Waals surface area (Å²) < 4.78 is 0. The Kier molecular flexibility index (Phi) is 4.06. The highest BCUT2D eigenvalue weighted by molar-refractivity contribution is 5.73. The molecule has 2 rings (SSSR count). The Morgan fingerprint density at radius 1 is 1.06 bits per heavy atom. The van der Waals surface area contributed by atoms with Crippen LogP contribution in [-0.4, -0.2) is 6.08 Å². The van der Waals surface area contributed by atoms with Crippen LogP contribution in [-0.2, 0) is 11.2 Å². The molecule has 2 heteroatoms. The van der Waals surface area contributed by atoms with Gasteiger partial charge in [-0.05, 0) is 29.2 Å². The highest BCUT2D eigenvalue weighted by Crippen LogP contribution is 2.31. The van der Waals surface area contributed by atoms with E-state index in [1.807, 2.05) is 30.3 Å². The third-order valence-corrected chi connectivity index (χ3v) is 2.90. The van der Waals surface area contributed by atoms with E-state index in [4.69, 9.17) is 0 Å². The summed E-state index contributed by atoms with van der Waals surface area (Å²) in [5, 5.41) is 0. The lowest BCUT2D eigenvalue weighted by atomic mass is 9.95. The Morgan fingerprint density at radius 2 is 1.83 bits per heavy atom. The molecule has 0 unspecified atom stereocenters. The molecule has 2 nitrogen and oxygen atoms in total. The van der Waals surface area contributed by atoms with Gasteiger partial charge in [0.15, 0.2) is 0 Å². The summed E-state index contributed by atoms with van der Waals surface area (Å²) in [5.74, 6) is 0. The van der Waals surface area contributed by atoms with E-state index in [1.54, 1.807) is 6.08 Å². The third kappa shape index (κ3) is 2.55. The first kappa shape index (κ1) is 12.3. The minimum atomic E-state index is 0.730. The molecule has 0 fully saturated rings. The second-order valence-electron chi connectivity index (χ2n) is 4.12. The van der Waals surface area contributed by atoms with E-state index in [-0.39, 0.29) is 0 Å². The number of hydrogen-bond donors (Lipinski definition) is 0. The lowest BCUT2D eigenvalue weighted by molar-refractivity contribution is 0.565. The summed E-state index contributed by atoms with van der Waals surface area (Å²) in [4.78, 5) is 14.3. The molecular formula is C16H15NO. The van der Waals surface area contributed by atoms with Crippen molar-refractivity contribution in [2.75, 3.05) is 0 Å². The van der Waals surface area contributed by atoms with Crippen molar-refractivity contribution in [3.63, 3.8) is 0 Å². The summed E-state index contributed by atoms with van der Waals surface area (Å²) in [7, 11) is 0. The Balaban J connectivity index is 2.59. The Morgan fingerprint density at radius 3 is 2.50 bits per heavy atom. The summed E-state index contributed by atoms with van der Waals surface area (Å²) in [6.45, 7) is 2.12. The normalized spacial score (nSPS) is 9.83. The molecule has 0 heterocycles. The van der Waals surface area contributed by atoms with Gasteiger partial charge < -0.3 is 0 Å². The molecule has 2 aromatic rings. The fourth-order valence-corrected chi connectivity index (χ4v) is 2.13. The number of benzene rings is 2. The summed E-state index contributed by atoms with van der Waals surface area (Å²) >= 11 is 0. The summed E-state index contributed by atoms with van der Waals surface area (Å²) in [6.07, 6.45) is 3.56. The molecule has 0 amide bonds. The number of isocyanates is 1. The van der Waals surface area contributed by atoms with Crippen molar-refractivity contribution in [1.82, 2.24) is 0 Å². The average molecular weight is 237 g/mol. The predicted molar refractivity (Wildman–Crippen MR) is 73.7 cm³/mol. The quantitative estimate of drug-likeness (QED) is 0.576. The second kappa shape index (κ2) is 5.95. The first-order valence-electron chi connectivity index (χ1n) is 6.12. The van der Waals surface area contributed by atoms with Crippen LogP contribution in [0.5, 0.6) is 0 Å². The van der Waals surface area contributed by atoms with E-state index in [0.29, 0.717) is 0 Å². The zero-order chi connectivity index (χ0) is 12.8. The fraction of sp³-hybridized carbons (Fsp3) is 0.188. The van der Waals surface area contributed by atoms with Crippen molar-refractivity contribution in [3.8, 4) is 11.1 Å². The van der Waals surface area contributed by atoms with Crippen molar-refractivity contribution >= 4 is 11.8 Å². The maximum absolute atomic E-state index is 10.5. The third-order valence-electron chi connectivity index (χ3n) is 2.90. The van der Waals surface area contributed by atoms with Crippen molar-refractivity contribution in [1.29, 1.82) is 0 Å². The Labute approximate surface area is 107 Å². The van der Waals surface area contributed by atoms with Crippen LogP contribution in [0.4, 0.5) is 5.69 Å². The van der Waals surface area contributed by atoms with Gasteiger partial charge in [0, 0.05) is 0 Å². The minimum Gasteiger partial charge on any atom is -0.211 e. The lowest BCUT2D eigenvalue weighted by Gasteiger charge is -2.11. The molecule has 0 saturated heterocycles. The zero-order valence-electron chi connectivity index (χ0n) is 10.4. The molecule has 0 aliphatic carbocycles. The minimum absolute atomic E-state index is 0.730. The molecular weight excluding hydrogens is 222 g/mol. The smallest absolute Gasteiger partial charge is 0.211 e.